The lowest BCUT2D eigenvalue weighted by atomic mass is 10.1. The fourth-order valence-corrected chi connectivity index (χ4v) is 5.54. The van der Waals surface area contributed by atoms with Crippen molar-refractivity contribution >= 4 is 49.0 Å². The minimum Gasteiger partial charge on any atom is -0.330 e. The molecule has 1 heterocycles. The van der Waals surface area contributed by atoms with Crippen molar-refractivity contribution in [2.75, 3.05) is 11.5 Å². The summed E-state index contributed by atoms with van der Waals surface area (Å²) in [6.45, 7) is 0.164. The van der Waals surface area contributed by atoms with Gasteiger partial charge >= 0.3 is 0 Å². The highest BCUT2D eigenvalue weighted by Crippen LogP contribution is 2.28. The van der Waals surface area contributed by atoms with E-state index in [0.29, 0.717) is 6.42 Å². The highest BCUT2D eigenvalue weighted by molar-refractivity contribution is 9.10. The molecule has 0 aromatic heterocycles. The van der Waals surface area contributed by atoms with Gasteiger partial charge in [0.25, 0.3) is 11.6 Å². The van der Waals surface area contributed by atoms with Gasteiger partial charge in [-0.1, -0.05) is 39.7 Å². The number of nitrogens with zero attached hydrogens (tertiary/aromatic N) is 2. The molecule has 148 valence electrons. The molecular formula is C18H16BrClN2O5S. The molecule has 1 aliphatic heterocycles. The van der Waals surface area contributed by atoms with Gasteiger partial charge in [0.15, 0.2) is 9.84 Å². The molecule has 10 heteroatoms. The number of hydrogen-bond donors (Lipinski definition) is 0. The number of nitro groups is 1. The molecule has 2 aromatic rings. The van der Waals surface area contributed by atoms with E-state index >= 15 is 0 Å². The first-order chi connectivity index (χ1) is 13.2. The average molecular weight is 488 g/mol. The summed E-state index contributed by atoms with van der Waals surface area (Å²) in [4.78, 5) is 25.2. The van der Waals surface area contributed by atoms with Gasteiger partial charge in [-0.05, 0) is 30.2 Å². The number of sulfone groups is 1. The van der Waals surface area contributed by atoms with Gasteiger partial charge in [0.1, 0.15) is 0 Å². The van der Waals surface area contributed by atoms with Gasteiger partial charge in [-0.25, -0.2) is 8.42 Å². The van der Waals surface area contributed by atoms with Crippen molar-refractivity contribution in [1.29, 1.82) is 0 Å². The molecular weight excluding hydrogens is 472 g/mol. The third-order valence-electron chi connectivity index (χ3n) is 4.54. The second-order valence-corrected chi connectivity index (χ2v) is 10.1. The molecule has 0 radical (unpaired) electrons. The summed E-state index contributed by atoms with van der Waals surface area (Å²) in [7, 11) is -3.23. The number of rotatable bonds is 5. The van der Waals surface area contributed by atoms with Gasteiger partial charge in [0.05, 0.1) is 27.0 Å². The SMILES string of the molecule is O=C(c1cc([N+](=O)[O-])ccc1Cl)N(Cc1cccc(Br)c1)C1CCS(=O)(=O)C1. The zero-order chi connectivity index (χ0) is 20.5. The summed E-state index contributed by atoms with van der Waals surface area (Å²) in [6.07, 6.45) is 0.314. The molecule has 1 unspecified atom stereocenters. The minimum absolute atomic E-state index is 0.00258. The minimum atomic E-state index is -3.23. The molecule has 2 aromatic carbocycles. The summed E-state index contributed by atoms with van der Waals surface area (Å²) in [5, 5.41) is 11.2. The first-order valence-corrected chi connectivity index (χ1v) is 11.4. The zero-order valence-electron chi connectivity index (χ0n) is 14.5. The maximum absolute atomic E-state index is 13.2. The third kappa shape index (κ3) is 4.71. The molecule has 0 N–H and O–H groups in total. The molecule has 1 amide bonds. The fraction of sp³-hybridized carbons (Fsp3) is 0.278. The molecule has 28 heavy (non-hydrogen) atoms. The van der Waals surface area contributed by atoms with Gasteiger partial charge in [0.2, 0.25) is 0 Å². The van der Waals surface area contributed by atoms with E-state index in [-0.39, 0.29) is 34.3 Å². The molecule has 1 fully saturated rings. The number of amides is 1. The van der Waals surface area contributed by atoms with Crippen LogP contribution in [0.5, 0.6) is 0 Å². The van der Waals surface area contributed by atoms with Gasteiger partial charge in [-0.3, -0.25) is 14.9 Å². The molecule has 7 nitrogen and oxygen atoms in total. The zero-order valence-corrected chi connectivity index (χ0v) is 17.7. The number of benzene rings is 2. The van der Waals surface area contributed by atoms with Crippen molar-refractivity contribution in [1.82, 2.24) is 4.90 Å². The monoisotopic (exact) mass is 486 g/mol. The fourth-order valence-electron chi connectivity index (χ4n) is 3.17. The lowest BCUT2D eigenvalue weighted by Crippen LogP contribution is -2.40. The maximum Gasteiger partial charge on any atom is 0.270 e. The van der Waals surface area contributed by atoms with Gasteiger partial charge in [0, 0.05) is 29.2 Å². The Hall–Kier alpha value is -1.97. The molecule has 1 saturated heterocycles. The lowest BCUT2D eigenvalue weighted by Gasteiger charge is -2.29. The normalized spacial score (nSPS) is 18.0. The molecule has 1 atom stereocenters. The van der Waals surface area contributed by atoms with Crippen molar-refractivity contribution in [3.05, 3.63) is 73.2 Å². The molecule has 0 spiro atoms. The quantitative estimate of drug-likeness (QED) is 0.471. The van der Waals surface area contributed by atoms with Crippen LogP contribution < -0.4 is 0 Å². The van der Waals surface area contributed by atoms with E-state index in [1.54, 1.807) is 0 Å². The van der Waals surface area contributed by atoms with Gasteiger partial charge < -0.3 is 4.90 Å². The van der Waals surface area contributed by atoms with Crippen LogP contribution in [0.25, 0.3) is 0 Å². The highest BCUT2D eigenvalue weighted by Gasteiger charge is 2.36. The van der Waals surface area contributed by atoms with Crippen LogP contribution >= 0.6 is 27.5 Å². The van der Waals surface area contributed by atoms with E-state index in [4.69, 9.17) is 11.6 Å². The Balaban J connectivity index is 1.99. The Kier molecular flexibility index (Phi) is 6.07. The molecule has 1 aliphatic rings. The molecule has 0 saturated carbocycles. The summed E-state index contributed by atoms with van der Waals surface area (Å²) in [5.74, 6) is -0.669. The van der Waals surface area contributed by atoms with E-state index in [1.165, 1.54) is 17.0 Å². The van der Waals surface area contributed by atoms with Crippen LogP contribution in [0.15, 0.2) is 46.9 Å². The smallest absolute Gasteiger partial charge is 0.270 e. The van der Waals surface area contributed by atoms with Crippen LogP contribution in [0.3, 0.4) is 0 Å². The predicted octanol–water partition coefficient (Wildman–Crippen LogP) is 3.84. The standard InChI is InChI=1S/C18H16BrClN2O5S/c19-13-3-1-2-12(8-13)10-21(15-6-7-28(26,27)11-15)18(23)16-9-14(22(24)25)4-5-17(16)20/h1-5,8-9,15H,6-7,10-11H2. The predicted molar refractivity (Wildman–Crippen MR) is 109 cm³/mol. The summed E-state index contributed by atoms with van der Waals surface area (Å²) in [5.41, 5.74) is 0.526. The van der Waals surface area contributed by atoms with E-state index in [9.17, 15) is 23.3 Å². The van der Waals surface area contributed by atoms with Crippen molar-refractivity contribution in [2.45, 2.75) is 19.0 Å². The highest BCUT2D eigenvalue weighted by atomic mass is 79.9. The largest absolute Gasteiger partial charge is 0.330 e. The Morgan fingerprint density at radius 2 is 2.04 bits per heavy atom. The Morgan fingerprint density at radius 3 is 2.64 bits per heavy atom. The van der Waals surface area contributed by atoms with Crippen molar-refractivity contribution in [3.8, 4) is 0 Å². The number of non-ortho nitro benzene ring substituents is 1. The van der Waals surface area contributed by atoms with Crippen LogP contribution in [-0.4, -0.2) is 41.7 Å². The van der Waals surface area contributed by atoms with Crippen LogP contribution in [0.2, 0.25) is 5.02 Å². The maximum atomic E-state index is 13.2. The Morgan fingerprint density at radius 1 is 1.29 bits per heavy atom. The number of halogens is 2. The van der Waals surface area contributed by atoms with E-state index < -0.39 is 26.7 Å². The summed E-state index contributed by atoms with van der Waals surface area (Å²) >= 11 is 9.51. The molecule has 0 bridgehead atoms. The number of carbonyl (C=O) groups excluding carboxylic acids is 1. The van der Waals surface area contributed by atoms with Crippen LogP contribution in [0.1, 0.15) is 22.3 Å². The number of hydrogen-bond acceptors (Lipinski definition) is 5. The average Bonchev–Trinajstić information content (AvgIpc) is 2.99. The second-order valence-electron chi connectivity index (χ2n) is 6.54. The van der Waals surface area contributed by atoms with E-state index in [2.05, 4.69) is 15.9 Å². The lowest BCUT2D eigenvalue weighted by molar-refractivity contribution is -0.384. The number of nitro benzene ring substituents is 1. The van der Waals surface area contributed by atoms with Gasteiger partial charge in [-0.2, -0.15) is 0 Å². The first-order valence-electron chi connectivity index (χ1n) is 8.36. The summed E-state index contributed by atoms with van der Waals surface area (Å²) in [6, 6.07) is 10.4. The summed E-state index contributed by atoms with van der Waals surface area (Å²) < 4.78 is 24.7. The van der Waals surface area contributed by atoms with Crippen molar-refractivity contribution < 1.29 is 18.1 Å². The second kappa shape index (κ2) is 8.18. The topological polar surface area (TPSA) is 97.6 Å². The molecule has 0 aliphatic carbocycles. The Labute approximate surface area is 175 Å². The van der Waals surface area contributed by atoms with E-state index in [0.717, 1.165) is 16.1 Å². The molecule has 3 rings (SSSR count). The number of carbonyl (C=O) groups is 1. The van der Waals surface area contributed by atoms with E-state index in [1.807, 2.05) is 24.3 Å². The first kappa shape index (κ1) is 20.8. The van der Waals surface area contributed by atoms with Gasteiger partial charge in [-0.15, -0.1) is 0 Å². The van der Waals surface area contributed by atoms with Crippen LogP contribution in [0.4, 0.5) is 5.69 Å². The Bertz CT molecular complexity index is 1040. The van der Waals surface area contributed by atoms with Crippen molar-refractivity contribution in [2.24, 2.45) is 0 Å². The van der Waals surface area contributed by atoms with Crippen LogP contribution in [-0.2, 0) is 16.4 Å². The van der Waals surface area contributed by atoms with Crippen molar-refractivity contribution in [3.63, 3.8) is 0 Å². The third-order valence-corrected chi connectivity index (χ3v) is 7.12. The van der Waals surface area contributed by atoms with Crippen LogP contribution in [0, 0.1) is 10.1 Å².